The van der Waals surface area contributed by atoms with Crippen LogP contribution in [0.2, 0.25) is 0 Å². The number of carbonyl (C=O) groups is 1. The SMILES string of the molecule is Cc1nc2c(F)cc(-c3nc(Nc4ccc(CS(=O)(=O)OC=O)cn4)ncc3F)cc2n1C(C)C. The molecule has 0 amide bonds. The van der Waals surface area contributed by atoms with Gasteiger partial charge in [-0.1, -0.05) is 6.07 Å². The zero-order valence-corrected chi connectivity index (χ0v) is 19.7. The van der Waals surface area contributed by atoms with Crippen LogP contribution in [0.3, 0.4) is 0 Å². The minimum absolute atomic E-state index is 0.00684. The molecule has 0 saturated heterocycles. The normalized spacial score (nSPS) is 11.7. The molecular weight excluding hydrogens is 482 g/mol. The number of benzene rings is 1. The molecule has 3 heterocycles. The lowest BCUT2D eigenvalue weighted by Gasteiger charge is -2.12. The van der Waals surface area contributed by atoms with Crippen LogP contribution in [0.4, 0.5) is 20.5 Å². The first-order valence-electron chi connectivity index (χ1n) is 10.4. The van der Waals surface area contributed by atoms with E-state index in [4.69, 9.17) is 0 Å². The predicted octanol–water partition coefficient (Wildman–Crippen LogP) is 3.80. The van der Waals surface area contributed by atoms with Crippen molar-refractivity contribution in [3.05, 3.63) is 59.7 Å². The number of pyridine rings is 1. The highest BCUT2D eigenvalue weighted by Gasteiger charge is 2.19. The van der Waals surface area contributed by atoms with Gasteiger partial charge in [-0.2, -0.15) is 8.42 Å². The van der Waals surface area contributed by atoms with E-state index in [2.05, 4.69) is 29.4 Å². The topological polar surface area (TPSA) is 129 Å². The summed E-state index contributed by atoms with van der Waals surface area (Å²) in [4.78, 5) is 26.7. The van der Waals surface area contributed by atoms with Crippen LogP contribution in [-0.4, -0.2) is 39.4 Å². The molecule has 0 aliphatic heterocycles. The lowest BCUT2D eigenvalue weighted by molar-refractivity contribution is -0.120. The van der Waals surface area contributed by atoms with Gasteiger partial charge in [-0.3, -0.25) is 4.79 Å². The van der Waals surface area contributed by atoms with Gasteiger partial charge in [0, 0.05) is 17.8 Å². The fraction of sp³-hybridized carbons (Fsp3) is 0.227. The molecule has 0 bridgehead atoms. The number of aryl methyl sites for hydroxylation is 1. The van der Waals surface area contributed by atoms with E-state index < -0.39 is 27.5 Å². The molecule has 0 spiro atoms. The average Bonchev–Trinajstić information content (AvgIpc) is 3.12. The summed E-state index contributed by atoms with van der Waals surface area (Å²) in [7, 11) is -4.06. The molecule has 4 aromatic rings. The van der Waals surface area contributed by atoms with Gasteiger partial charge in [-0.15, -0.1) is 0 Å². The summed E-state index contributed by atoms with van der Waals surface area (Å²) < 4.78 is 58.5. The number of hydrogen-bond donors (Lipinski definition) is 1. The zero-order chi connectivity index (χ0) is 25.3. The van der Waals surface area contributed by atoms with Crippen molar-refractivity contribution >= 4 is 39.4 Å². The molecule has 10 nitrogen and oxygen atoms in total. The molecule has 0 aliphatic rings. The second-order valence-corrected chi connectivity index (χ2v) is 9.51. The monoisotopic (exact) mass is 502 g/mol. The Kier molecular flexibility index (Phi) is 6.43. The van der Waals surface area contributed by atoms with Gasteiger partial charge in [0.25, 0.3) is 0 Å². The van der Waals surface area contributed by atoms with Gasteiger partial charge in [0.05, 0.1) is 11.7 Å². The highest BCUT2D eigenvalue weighted by molar-refractivity contribution is 7.86. The van der Waals surface area contributed by atoms with Crippen molar-refractivity contribution in [2.45, 2.75) is 32.6 Å². The number of imidazole rings is 1. The molecule has 0 unspecified atom stereocenters. The second-order valence-electron chi connectivity index (χ2n) is 7.91. The van der Waals surface area contributed by atoms with Crippen LogP contribution in [0.1, 0.15) is 31.3 Å². The van der Waals surface area contributed by atoms with Crippen molar-refractivity contribution < 1.29 is 26.2 Å². The number of hydrogen-bond acceptors (Lipinski definition) is 9. The van der Waals surface area contributed by atoms with E-state index in [1.54, 1.807) is 13.0 Å². The van der Waals surface area contributed by atoms with Crippen LogP contribution in [0.15, 0.2) is 36.7 Å². The summed E-state index contributed by atoms with van der Waals surface area (Å²) in [6.45, 7) is 5.49. The van der Waals surface area contributed by atoms with Gasteiger partial charge >= 0.3 is 16.6 Å². The number of carbonyl (C=O) groups excluding carboxylic acids is 1. The highest BCUT2D eigenvalue weighted by Crippen LogP contribution is 2.30. The summed E-state index contributed by atoms with van der Waals surface area (Å²) in [5, 5.41) is 2.79. The minimum Gasteiger partial charge on any atom is -0.348 e. The van der Waals surface area contributed by atoms with Gasteiger partial charge < -0.3 is 14.1 Å². The smallest absolute Gasteiger partial charge is 0.315 e. The van der Waals surface area contributed by atoms with E-state index in [1.807, 2.05) is 18.4 Å². The van der Waals surface area contributed by atoms with Crippen molar-refractivity contribution in [1.82, 2.24) is 24.5 Å². The van der Waals surface area contributed by atoms with Crippen LogP contribution < -0.4 is 5.32 Å². The standard InChI is InChI=1S/C22H20F2N6O4S/c1-12(2)30-13(3)27-21-16(23)6-15(7-18(21)30)20-17(24)9-26-22(29-20)28-19-5-4-14(8-25-19)10-35(32,33)34-11-31/h4-9,11-12H,10H2,1-3H3,(H,25,26,28,29). The van der Waals surface area contributed by atoms with Crippen molar-refractivity contribution in [3.8, 4) is 11.3 Å². The Morgan fingerprint density at radius 2 is 1.89 bits per heavy atom. The Bertz CT molecular complexity index is 1520. The number of aromatic nitrogens is 5. The summed E-state index contributed by atoms with van der Waals surface area (Å²) in [5.74, 6) is -1.01. The number of rotatable bonds is 8. The fourth-order valence-electron chi connectivity index (χ4n) is 3.68. The molecule has 0 atom stereocenters. The summed E-state index contributed by atoms with van der Waals surface area (Å²) in [6.07, 6.45) is 2.21. The minimum atomic E-state index is -4.06. The van der Waals surface area contributed by atoms with Crippen LogP contribution in [0.25, 0.3) is 22.3 Å². The van der Waals surface area contributed by atoms with Gasteiger partial charge in [-0.25, -0.2) is 28.7 Å². The van der Waals surface area contributed by atoms with E-state index >= 15 is 0 Å². The maximum absolute atomic E-state index is 14.8. The maximum atomic E-state index is 14.8. The molecule has 182 valence electrons. The lowest BCUT2D eigenvalue weighted by Crippen LogP contribution is -2.08. The zero-order valence-electron chi connectivity index (χ0n) is 18.9. The number of nitrogens with zero attached hydrogens (tertiary/aromatic N) is 5. The van der Waals surface area contributed by atoms with E-state index in [-0.39, 0.29) is 46.6 Å². The van der Waals surface area contributed by atoms with E-state index in [9.17, 15) is 22.0 Å². The van der Waals surface area contributed by atoms with Crippen molar-refractivity contribution in [2.24, 2.45) is 0 Å². The number of anilines is 2. The summed E-state index contributed by atoms with van der Waals surface area (Å²) >= 11 is 0. The third-order valence-electron chi connectivity index (χ3n) is 5.05. The largest absolute Gasteiger partial charge is 0.348 e. The third kappa shape index (κ3) is 5.09. The molecule has 0 aliphatic carbocycles. The first-order valence-corrected chi connectivity index (χ1v) is 11.9. The molecule has 0 fully saturated rings. The van der Waals surface area contributed by atoms with Crippen molar-refractivity contribution in [2.75, 3.05) is 5.32 Å². The quantitative estimate of drug-likeness (QED) is 0.282. The van der Waals surface area contributed by atoms with E-state index in [1.165, 1.54) is 24.4 Å². The maximum Gasteiger partial charge on any atom is 0.315 e. The van der Waals surface area contributed by atoms with E-state index in [0.29, 0.717) is 11.3 Å². The molecule has 0 radical (unpaired) electrons. The Labute approximate surface area is 199 Å². The first kappa shape index (κ1) is 24.1. The molecule has 13 heteroatoms. The lowest BCUT2D eigenvalue weighted by atomic mass is 10.1. The Balaban J connectivity index is 1.64. The van der Waals surface area contributed by atoms with E-state index in [0.717, 1.165) is 6.20 Å². The Morgan fingerprint density at radius 3 is 2.54 bits per heavy atom. The average molecular weight is 503 g/mol. The van der Waals surface area contributed by atoms with Crippen LogP contribution in [0.5, 0.6) is 0 Å². The number of halogens is 2. The van der Waals surface area contributed by atoms with Crippen LogP contribution in [-0.2, 0) is 24.8 Å². The predicted molar refractivity (Wildman–Crippen MR) is 123 cm³/mol. The molecule has 0 saturated carbocycles. The van der Waals surface area contributed by atoms with Crippen molar-refractivity contribution in [1.29, 1.82) is 0 Å². The summed E-state index contributed by atoms with van der Waals surface area (Å²) in [6, 6.07) is 5.71. The number of fused-ring (bicyclic) bond motifs is 1. The molecular formula is C22H20F2N6O4S. The van der Waals surface area contributed by atoms with Crippen molar-refractivity contribution in [3.63, 3.8) is 0 Å². The second kappa shape index (κ2) is 9.33. The van der Waals surface area contributed by atoms with Gasteiger partial charge in [0.2, 0.25) is 5.95 Å². The van der Waals surface area contributed by atoms with Gasteiger partial charge in [0.1, 0.15) is 28.6 Å². The molecule has 3 aromatic heterocycles. The van der Waals surface area contributed by atoms with Gasteiger partial charge in [-0.05, 0) is 44.5 Å². The Morgan fingerprint density at radius 1 is 1.11 bits per heavy atom. The highest BCUT2D eigenvalue weighted by atomic mass is 32.2. The molecule has 1 aromatic carbocycles. The fourth-order valence-corrected chi connectivity index (χ4v) is 4.45. The molecule has 1 N–H and O–H groups in total. The molecule has 35 heavy (non-hydrogen) atoms. The molecule has 4 rings (SSSR count). The third-order valence-corrected chi connectivity index (χ3v) is 6.11. The number of nitrogens with one attached hydrogen (secondary N) is 1. The van der Waals surface area contributed by atoms with Crippen LogP contribution >= 0.6 is 0 Å². The van der Waals surface area contributed by atoms with Gasteiger partial charge in [0.15, 0.2) is 11.6 Å². The first-order chi connectivity index (χ1) is 16.6. The summed E-state index contributed by atoms with van der Waals surface area (Å²) in [5.41, 5.74) is 1.08. The Hall–Kier alpha value is -4.00. The van der Waals surface area contributed by atoms with Crippen LogP contribution in [0, 0.1) is 18.6 Å².